The fourth-order valence-corrected chi connectivity index (χ4v) is 2.25. The summed E-state index contributed by atoms with van der Waals surface area (Å²) in [6.07, 6.45) is 5.06. The number of likely N-dealkylation sites (N-methyl/N-ethyl adjacent to an activating group) is 2. The van der Waals surface area contributed by atoms with E-state index in [9.17, 15) is 9.59 Å². The molecule has 0 bridgehead atoms. The van der Waals surface area contributed by atoms with Crippen LogP contribution in [0.3, 0.4) is 0 Å². The fraction of sp³-hybridized carbons (Fsp3) is 0.846. The van der Waals surface area contributed by atoms with Gasteiger partial charge in [-0.05, 0) is 32.7 Å². The van der Waals surface area contributed by atoms with Crippen LogP contribution < -0.4 is 10.6 Å². The van der Waals surface area contributed by atoms with E-state index in [2.05, 4.69) is 10.6 Å². The molecule has 0 spiro atoms. The Balaban J connectivity index is 2.30. The van der Waals surface area contributed by atoms with Crippen molar-refractivity contribution in [2.24, 2.45) is 0 Å². The lowest BCUT2D eigenvalue weighted by Gasteiger charge is -2.25. The van der Waals surface area contributed by atoms with Crippen LogP contribution in [0.1, 0.15) is 39.0 Å². The van der Waals surface area contributed by atoms with Gasteiger partial charge in [0, 0.05) is 26.1 Å². The zero-order chi connectivity index (χ0) is 13.4. The van der Waals surface area contributed by atoms with E-state index in [-0.39, 0.29) is 18.4 Å². The van der Waals surface area contributed by atoms with Gasteiger partial charge in [0.2, 0.25) is 11.8 Å². The van der Waals surface area contributed by atoms with E-state index in [1.54, 1.807) is 11.9 Å². The van der Waals surface area contributed by atoms with Crippen molar-refractivity contribution in [3.8, 4) is 0 Å². The Morgan fingerprint density at radius 2 is 2.17 bits per heavy atom. The van der Waals surface area contributed by atoms with Crippen molar-refractivity contribution in [2.75, 3.05) is 26.7 Å². The second-order valence-corrected chi connectivity index (χ2v) is 4.77. The first-order chi connectivity index (χ1) is 8.67. The van der Waals surface area contributed by atoms with Gasteiger partial charge in [0.1, 0.15) is 0 Å². The van der Waals surface area contributed by atoms with Gasteiger partial charge in [0.25, 0.3) is 0 Å². The largest absolute Gasteiger partial charge is 0.358 e. The van der Waals surface area contributed by atoms with E-state index in [0.29, 0.717) is 19.0 Å². The van der Waals surface area contributed by atoms with Gasteiger partial charge in [-0.3, -0.25) is 9.59 Å². The standard InChI is InChI=1S/C13H25N3O2/c1-3-16(10-12(17)14-2)13(18)8-7-11-6-4-5-9-15-11/h11,15H,3-10H2,1-2H3,(H,14,17). The number of rotatable bonds is 6. The highest BCUT2D eigenvalue weighted by atomic mass is 16.2. The number of amides is 2. The van der Waals surface area contributed by atoms with E-state index in [1.165, 1.54) is 12.8 Å². The first-order valence-electron chi connectivity index (χ1n) is 6.89. The Labute approximate surface area is 109 Å². The third kappa shape index (κ3) is 5.04. The maximum atomic E-state index is 12.0. The summed E-state index contributed by atoms with van der Waals surface area (Å²) in [5.74, 6) is -0.0329. The minimum absolute atomic E-state index is 0.0773. The van der Waals surface area contributed by atoms with Gasteiger partial charge in [-0.25, -0.2) is 0 Å². The molecule has 0 aliphatic carbocycles. The topological polar surface area (TPSA) is 61.4 Å². The molecule has 1 rings (SSSR count). The predicted octanol–water partition coefficient (Wildman–Crippen LogP) is 0.503. The Morgan fingerprint density at radius 1 is 1.39 bits per heavy atom. The van der Waals surface area contributed by atoms with Crippen LogP contribution in [-0.4, -0.2) is 49.4 Å². The van der Waals surface area contributed by atoms with Gasteiger partial charge in [-0.1, -0.05) is 6.42 Å². The lowest BCUT2D eigenvalue weighted by Crippen LogP contribution is -2.40. The smallest absolute Gasteiger partial charge is 0.239 e. The summed E-state index contributed by atoms with van der Waals surface area (Å²) in [5, 5.41) is 5.98. The van der Waals surface area contributed by atoms with Gasteiger partial charge in [0.05, 0.1) is 6.54 Å². The number of hydrogen-bond acceptors (Lipinski definition) is 3. The third-order valence-corrected chi connectivity index (χ3v) is 3.47. The normalized spacial score (nSPS) is 19.3. The first kappa shape index (κ1) is 15.0. The Morgan fingerprint density at radius 3 is 2.72 bits per heavy atom. The summed E-state index contributed by atoms with van der Waals surface area (Å²) in [7, 11) is 1.59. The molecule has 0 aromatic heterocycles. The van der Waals surface area contributed by atoms with Gasteiger partial charge < -0.3 is 15.5 Å². The monoisotopic (exact) mass is 255 g/mol. The van der Waals surface area contributed by atoms with Crippen molar-refractivity contribution >= 4 is 11.8 Å². The number of carbonyl (C=O) groups excluding carboxylic acids is 2. The Hall–Kier alpha value is -1.10. The molecule has 2 N–H and O–H groups in total. The van der Waals surface area contributed by atoms with Crippen LogP contribution in [-0.2, 0) is 9.59 Å². The van der Waals surface area contributed by atoms with E-state index in [4.69, 9.17) is 0 Å². The van der Waals surface area contributed by atoms with E-state index in [1.807, 2.05) is 6.92 Å². The molecule has 1 atom stereocenters. The predicted molar refractivity (Wildman–Crippen MR) is 71.2 cm³/mol. The average molecular weight is 255 g/mol. The summed E-state index contributed by atoms with van der Waals surface area (Å²) in [6, 6.07) is 0.474. The van der Waals surface area contributed by atoms with Crippen LogP contribution in [0.25, 0.3) is 0 Å². The fourth-order valence-electron chi connectivity index (χ4n) is 2.25. The summed E-state index contributed by atoms with van der Waals surface area (Å²) in [4.78, 5) is 24.9. The van der Waals surface area contributed by atoms with Crippen LogP contribution in [0.2, 0.25) is 0 Å². The quantitative estimate of drug-likeness (QED) is 0.726. The highest BCUT2D eigenvalue weighted by Crippen LogP contribution is 2.12. The lowest BCUT2D eigenvalue weighted by molar-refractivity contribution is -0.135. The van der Waals surface area contributed by atoms with Crippen molar-refractivity contribution in [1.29, 1.82) is 0 Å². The molecule has 104 valence electrons. The van der Waals surface area contributed by atoms with E-state index in [0.717, 1.165) is 19.4 Å². The first-order valence-corrected chi connectivity index (χ1v) is 6.89. The number of carbonyl (C=O) groups is 2. The molecule has 0 saturated carbocycles. The van der Waals surface area contributed by atoms with Crippen LogP contribution in [0.15, 0.2) is 0 Å². The van der Waals surface area contributed by atoms with Crippen molar-refractivity contribution in [3.63, 3.8) is 0 Å². The van der Waals surface area contributed by atoms with Crippen LogP contribution in [0, 0.1) is 0 Å². The van der Waals surface area contributed by atoms with Gasteiger partial charge in [0.15, 0.2) is 0 Å². The van der Waals surface area contributed by atoms with Crippen molar-refractivity contribution in [2.45, 2.75) is 45.1 Å². The van der Waals surface area contributed by atoms with Gasteiger partial charge >= 0.3 is 0 Å². The molecule has 1 aliphatic heterocycles. The molecule has 1 heterocycles. The number of nitrogens with zero attached hydrogens (tertiary/aromatic N) is 1. The Kier molecular flexibility index (Phi) is 6.72. The van der Waals surface area contributed by atoms with Crippen LogP contribution >= 0.6 is 0 Å². The molecule has 5 nitrogen and oxygen atoms in total. The molecule has 0 aromatic rings. The van der Waals surface area contributed by atoms with Crippen molar-refractivity contribution in [1.82, 2.24) is 15.5 Å². The molecule has 0 aromatic carbocycles. The van der Waals surface area contributed by atoms with Crippen molar-refractivity contribution < 1.29 is 9.59 Å². The summed E-state index contributed by atoms with van der Waals surface area (Å²) in [5.41, 5.74) is 0. The molecular formula is C13H25N3O2. The van der Waals surface area contributed by atoms with Crippen LogP contribution in [0.5, 0.6) is 0 Å². The molecule has 1 saturated heterocycles. The minimum atomic E-state index is -0.110. The molecule has 1 fully saturated rings. The molecule has 0 radical (unpaired) electrons. The summed E-state index contributed by atoms with van der Waals surface area (Å²) < 4.78 is 0. The third-order valence-electron chi connectivity index (χ3n) is 3.47. The SMILES string of the molecule is CCN(CC(=O)NC)C(=O)CCC1CCCCN1. The lowest BCUT2D eigenvalue weighted by atomic mass is 10.0. The second kappa shape index (κ2) is 8.08. The van der Waals surface area contributed by atoms with Crippen molar-refractivity contribution in [3.05, 3.63) is 0 Å². The summed E-state index contributed by atoms with van der Waals surface area (Å²) >= 11 is 0. The molecule has 5 heteroatoms. The number of nitrogens with one attached hydrogen (secondary N) is 2. The van der Waals surface area contributed by atoms with Gasteiger partial charge in [-0.2, -0.15) is 0 Å². The van der Waals surface area contributed by atoms with E-state index >= 15 is 0 Å². The zero-order valence-corrected chi connectivity index (χ0v) is 11.5. The highest BCUT2D eigenvalue weighted by molar-refractivity contribution is 5.84. The van der Waals surface area contributed by atoms with Gasteiger partial charge in [-0.15, -0.1) is 0 Å². The Bertz CT molecular complexity index is 275. The van der Waals surface area contributed by atoms with Crippen LogP contribution in [0.4, 0.5) is 0 Å². The molecular weight excluding hydrogens is 230 g/mol. The minimum Gasteiger partial charge on any atom is -0.358 e. The average Bonchev–Trinajstić information content (AvgIpc) is 2.42. The number of piperidine rings is 1. The molecule has 2 amide bonds. The second-order valence-electron chi connectivity index (χ2n) is 4.77. The highest BCUT2D eigenvalue weighted by Gasteiger charge is 2.18. The zero-order valence-electron chi connectivity index (χ0n) is 11.5. The maximum Gasteiger partial charge on any atom is 0.239 e. The number of hydrogen-bond donors (Lipinski definition) is 2. The van der Waals surface area contributed by atoms with E-state index < -0.39 is 0 Å². The molecule has 1 aliphatic rings. The summed E-state index contributed by atoms with van der Waals surface area (Å²) in [6.45, 7) is 3.72. The molecule has 1 unspecified atom stereocenters. The maximum absolute atomic E-state index is 12.0. The molecule has 18 heavy (non-hydrogen) atoms.